The van der Waals surface area contributed by atoms with E-state index in [0.29, 0.717) is 31.0 Å². The van der Waals surface area contributed by atoms with E-state index >= 15 is 0 Å². The van der Waals surface area contributed by atoms with Gasteiger partial charge < -0.3 is 15.7 Å². The van der Waals surface area contributed by atoms with Crippen molar-refractivity contribution < 1.29 is 14.7 Å². The van der Waals surface area contributed by atoms with Crippen molar-refractivity contribution in [1.82, 2.24) is 15.6 Å². The van der Waals surface area contributed by atoms with Crippen LogP contribution in [0, 0.1) is 16.7 Å². The van der Waals surface area contributed by atoms with E-state index in [9.17, 15) is 14.7 Å². The molecular weight excluding hydrogens is 342 g/mol. The molecule has 4 aliphatic rings. The van der Waals surface area contributed by atoms with Crippen molar-refractivity contribution in [3.8, 4) is 0 Å². The Morgan fingerprint density at radius 2 is 2.00 bits per heavy atom. The molecule has 2 amide bonds. The smallest absolute Gasteiger partial charge is 0.252 e. The molecule has 4 fully saturated rings. The van der Waals surface area contributed by atoms with E-state index in [-0.39, 0.29) is 17.2 Å². The summed E-state index contributed by atoms with van der Waals surface area (Å²) >= 11 is 0. The molecule has 146 valence electrons. The molecule has 3 N–H and O–H groups in total. The first-order valence-corrected chi connectivity index (χ1v) is 10.1. The van der Waals surface area contributed by atoms with Crippen LogP contribution in [0.2, 0.25) is 0 Å². The standard InChI is InChI=1S/C21H29N3O3/c1-2-19-8-15-9-20(12-19,14-21(27,10-15)13-19)18(26)24-7-6-23-17(25)16-4-3-5-22-11-16/h3-5,11,15,27H,2,6-10,12-14H2,1H3,(H,23,25)(H,24,26)/t15-,19-,20-,21-/m1/s1. The zero-order valence-electron chi connectivity index (χ0n) is 16.0. The van der Waals surface area contributed by atoms with Crippen molar-refractivity contribution in [2.45, 2.75) is 57.5 Å². The molecule has 4 saturated carbocycles. The summed E-state index contributed by atoms with van der Waals surface area (Å²) in [6.07, 6.45) is 9.41. The molecule has 4 aliphatic carbocycles. The summed E-state index contributed by atoms with van der Waals surface area (Å²) in [5.41, 5.74) is -0.462. The highest BCUT2D eigenvalue weighted by molar-refractivity contribution is 5.93. The zero-order valence-corrected chi connectivity index (χ0v) is 16.0. The lowest BCUT2D eigenvalue weighted by molar-refractivity contribution is -0.204. The lowest BCUT2D eigenvalue weighted by Gasteiger charge is -2.64. The van der Waals surface area contributed by atoms with Gasteiger partial charge in [-0.05, 0) is 62.0 Å². The van der Waals surface area contributed by atoms with Gasteiger partial charge in [0, 0.05) is 25.5 Å². The molecule has 4 bridgehead atoms. The predicted molar refractivity (Wildman–Crippen MR) is 101 cm³/mol. The van der Waals surface area contributed by atoms with Gasteiger partial charge in [0.15, 0.2) is 0 Å². The largest absolute Gasteiger partial charge is 0.390 e. The van der Waals surface area contributed by atoms with Crippen LogP contribution in [0.25, 0.3) is 0 Å². The van der Waals surface area contributed by atoms with Crippen LogP contribution >= 0.6 is 0 Å². The minimum atomic E-state index is -0.665. The van der Waals surface area contributed by atoms with E-state index in [1.807, 2.05) is 0 Å². The highest BCUT2D eigenvalue weighted by Crippen LogP contribution is 2.67. The van der Waals surface area contributed by atoms with Gasteiger partial charge in [0.25, 0.3) is 5.91 Å². The molecular formula is C21H29N3O3. The van der Waals surface area contributed by atoms with Gasteiger partial charge in [-0.1, -0.05) is 13.3 Å². The third kappa shape index (κ3) is 3.35. The molecule has 27 heavy (non-hydrogen) atoms. The second kappa shape index (κ2) is 6.59. The van der Waals surface area contributed by atoms with Crippen molar-refractivity contribution >= 4 is 11.8 Å². The molecule has 0 unspecified atom stereocenters. The lowest BCUT2D eigenvalue weighted by Crippen LogP contribution is -2.64. The minimum Gasteiger partial charge on any atom is -0.390 e. The Balaban J connectivity index is 1.34. The van der Waals surface area contributed by atoms with Gasteiger partial charge in [-0.25, -0.2) is 0 Å². The average molecular weight is 371 g/mol. The minimum absolute atomic E-state index is 0.0541. The number of hydrogen-bond acceptors (Lipinski definition) is 4. The number of nitrogens with one attached hydrogen (secondary N) is 2. The van der Waals surface area contributed by atoms with Crippen LogP contribution in [-0.4, -0.2) is 40.6 Å². The summed E-state index contributed by atoms with van der Waals surface area (Å²) in [4.78, 5) is 29.0. The number of aromatic nitrogens is 1. The van der Waals surface area contributed by atoms with Crippen molar-refractivity contribution in [1.29, 1.82) is 0 Å². The second-order valence-corrected chi connectivity index (χ2v) is 9.12. The van der Waals surface area contributed by atoms with Crippen LogP contribution < -0.4 is 10.6 Å². The first-order chi connectivity index (χ1) is 12.9. The maximum Gasteiger partial charge on any atom is 0.252 e. The van der Waals surface area contributed by atoms with Crippen LogP contribution in [0.4, 0.5) is 0 Å². The molecule has 0 saturated heterocycles. The fourth-order valence-corrected chi connectivity index (χ4v) is 6.37. The fourth-order valence-electron chi connectivity index (χ4n) is 6.37. The number of carbonyl (C=O) groups excluding carboxylic acids is 2. The summed E-state index contributed by atoms with van der Waals surface area (Å²) in [6, 6.07) is 3.43. The highest BCUT2D eigenvalue weighted by atomic mass is 16.3. The molecule has 0 aromatic carbocycles. The van der Waals surface area contributed by atoms with Gasteiger partial charge in [-0.3, -0.25) is 14.6 Å². The van der Waals surface area contributed by atoms with Gasteiger partial charge in [0.05, 0.1) is 16.6 Å². The Bertz CT molecular complexity index is 739. The Kier molecular flexibility index (Phi) is 4.49. The Labute approximate surface area is 160 Å². The lowest BCUT2D eigenvalue weighted by atomic mass is 9.42. The number of pyridine rings is 1. The normalized spacial score (nSPS) is 36.4. The molecule has 5 rings (SSSR count). The van der Waals surface area contributed by atoms with Gasteiger partial charge in [-0.2, -0.15) is 0 Å². The Morgan fingerprint density at radius 1 is 1.19 bits per heavy atom. The fraction of sp³-hybridized carbons (Fsp3) is 0.667. The molecule has 1 aromatic heterocycles. The quantitative estimate of drug-likeness (QED) is 0.668. The van der Waals surface area contributed by atoms with Crippen LogP contribution in [0.3, 0.4) is 0 Å². The highest BCUT2D eigenvalue weighted by Gasteiger charge is 2.64. The zero-order chi connectivity index (χ0) is 19.1. The van der Waals surface area contributed by atoms with Crippen LogP contribution in [-0.2, 0) is 4.79 Å². The van der Waals surface area contributed by atoms with Crippen LogP contribution in [0.15, 0.2) is 24.5 Å². The summed E-state index contributed by atoms with van der Waals surface area (Å²) < 4.78 is 0. The SMILES string of the molecule is CC[C@]12C[C@H]3C[C@@](O)(C1)C[C@@](C(=O)NCCNC(=O)c1cccnc1)(C3)C2. The van der Waals surface area contributed by atoms with E-state index in [1.165, 1.54) is 6.20 Å². The van der Waals surface area contributed by atoms with Crippen molar-refractivity contribution in [2.24, 2.45) is 16.7 Å². The number of rotatable bonds is 6. The first kappa shape index (κ1) is 18.4. The topological polar surface area (TPSA) is 91.3 Å². The number of nitrogens with zero attached hydrogens (tertiary/aromatic N) is 1. The third-order valence-electron chi connectivity index (χ3n) is 7.01. The summed E-state index contributed by atoms with van der Waals surface area (Å²) in [7, 11) is 0. The summed E-state index contributed by atoms with van der Waals surface area (Å²) in [6.45, 7) is 2.97. The van der Waals surface area contributed by atoms with Gasteiger partial charge in [-0.15, -0.1) is 0 Å². The second-order valence-electron chi connectivity index (χ2n) is 9.12. The maximum absolute atomic E-state index is 13.1. The number of amides is 2. The van der Waals surface area contributed by atoms with Gasteiger partial charge >= 0.3 is 0 Å². The van der Waals surface area contributed by atoms with E-state index in [0.717, 1.165) is 38.5 Å². The number of hydrogen-bond donors (Lipinski definition) is 3. The third-order valence-corrected chi connectivity index (χ3v) is 7.01. The molecule has 6 nitrogen and oxygen atoms in total. The average Bonchev–Trinajstić information content (AvgIpc) is 2.63. The molecule has 1 aromatic rings. The molecule has 1 heterocycles. The van der Waals surface area contributed by atoms with E-state index in [4.69, 9.17) is 0 Å². The van der Waals surface area contributed by atoms with E-state index in [2.05, 4.69) is 22.5 Å². The van der Waals surface area contributed by atoms with Crippen LogP contribution in [0.5, 0.6) is 0 Å². The monoisotopic (exact) mass is 371 g/mol. The Hall–Kier alpha value is -1.95. The van der Waals surface area contributed by atoms with Crippen molar-refractivity contribution in [3.05, 3.63) is 30.1 Å². The van der Waals surface area contributed by atoms with Gasteiger partial charge in [0.1, 0.15) is 0 Å². The van der Waals surface area contributed by atoms with Crippen molar-refractivity contribution in [3.63, 3.8) is 0 Å². The van der Waals surface area contributed by atoms with Crippen molar-refractivity contribution in [2.75, 3.05) is 13.1 Å². The molecule has 0 aliphatic heterocycles. The predicted octanol–water partition coefficient (Wildman–Crippen LogP) is 2.04. The summed E-state index contributed by atoms with van der Waals surface area (Å²) in [5, 5.41) is 16.9. The Morgan fingerprint density at radius 3 is 2.70 bits per heavy atom. The van der Waals surface area contributed by atoms with Gasteiger partial charge in [0.2, 0.25) is 5.91 Å². The molecule has 6 heteroatoms. The summed E-state index contributed by atoms with van der Waals surface area (Å²) in [5.74, 6) is 0.326. The van der Waals surface area contributed by atoms with E-state index in [1.54, 1.807) is 18.3 Å². The number of aliphatic hydroxyl groups is 1. The molecule has 0 radical (unpaired) electrons. The van der Waals surface area contributed by atoms with E-state index < -0.39 is 11.0 Å². The van der Waals surface area contributed by atoms with Crippen LogP contribution in [0.1, 0.15) is 62.2 Å². The molecule has 4 atom stereocenters. The maximum atomic E-state index is 13.1. The molecule has 0 spiro atoms. The number of carbonyl (C=O) groups is 2. The first-order valence-electron chi connectivity index (χ1n) is 10.1.